The zero-order valence-electron chi connectivity index (χ0n) is 8.77. The number of carbonyl (C=O) groups excluding carboxylic acids is 1. The summed E-state index contributed by atoms with van der Waals surface area (Å²) in [5.74, 6) is 0.0578. The largest absolute Gasteiger partial charge is 0.465 e. The lowest BCUT2D eigenvalue weighted by Crippen LogP contribution is -2.37. The Morgan fingerprint density at radius 1 is 1.31 bits per heavy atom. The summed E-state index contributed by atoms with van der Waals surface area (Å²) in [7, 11) is 0. The molecule has 0 N–H and O–H groups in total. The highest BCUT2D eigenvalue weighted by molar-refractivity contribution is 5.77. The number of hydrogen-bond acceptors (Lipinski definition) is 2. The monoisotopic (exact) mass is 184 g/mol. The molecular weight excluding hydrogens is 164 g/mol. The van der Waals surface area contributed by atoms with Crippen LogP contribution < -0.4 is 0 Å². The molecule has 0 aromatic heterocycles. The van der Waals surface area contributed by atoms with Crippen molar-refractivity contribution in [2.24, 2.45) is 5.41 Å². The first-order valence-electron chi connectivity index (χ1n) is 5.42. The van der Waals surface area contributed by atoms with E-state index < -0.39 is 0 Å². The third kappa shape index (κ3) is 2.23. The molecular formula is C11H20O2. The van der Waals surface area contributed by atoms with Crippen molar-refractivity contribution in [3.63, 3.8) is 0 Å². The molecule has 1 heterocycles. The van der Waals surface area contributed by atoms with E-state index in [-0.39, 0.29) is 11.4 Å². The topological polar surface area (TPSA) is 26.3 Å². The van der Waals surface area contributed by atoms with Gasteiger partial charge in [0, 0.05) is 0 Å². The molecule has 76 valence electrons. The minimum atomic E-state index is -0.123. The fraction of sp³-hybridized carbons (Fsp3) is 0.909. The van der Waals surface area contributed by atoms with Gasteiger partial charge in [-0.2, -0.15) is 0 Å². The van der Waals surface area contributed by atoms with Crippen LogP contribution in [0.1, 0.15) is 52.4 Å². The van der Waals surface area contributed by atoms with E-state index in [2.05, 4.69) is 13.8 Å². The molecule has 0 amide bonds. The molecule has 0 spiro atoms. The molecule has 1 fully saturated rings. The highest BCUT2D eigenvalue weighted by Crippen LogP contribution is 2.38. The van der Waals surface area contributed by atoms with Crippen molar-refractivity contribution in [1.82, 2.24) is 0 Å². The highest BCUT2D eigenvalue weighted by atomic mass is 16.5. The van der Waals surface area contributed by atoms with Gasteiger partial charge in [-0.1, -0.05) is 26.7 Å². The molecule has 1 aliphatic rings. The predicted molar refractivity (Wildman–Crippen MR) is 52.4 cm³/mol. The molecule has 0 bridgehead atoms. The quantitative estimate of drug-likeness (QED) is 0.628. The van der Waals surface area contributed by atoms with Crippen molar-refractivity contribution in [1.29, 1.82) is 0 Å². The summed E-state index contributed by atoms with van der Waals surface area (Å²) in [5.41, 5.74) is -0.123. The molecule has 2 nitrogen and oxygen atoms in total. The van der Waals surface area contributed by atoms with E-state index in [1.165, 1.54) is 0 Å². The maximum atomic E-state index is 11.7. The minimum absolute atomic E-state index is 0.0578. The second-order valence-electron chi connectivity index (χ2n) is 4.02. The minimum Gasteiger partial charge on any atom is -0.465 e. The van der Waals surface area contributed by atoms with Gasteiger partial charge in [0.05, 0.1) is 12.0 Å². The van der Waals surface area contributed by atoms with E-state index in [1.807, 2.05) is 0 Å². The molecule has 0 aromatic rings. The van der Waals surface area contributed by atoms with Crippen LogP contribution in [0.4, 0.5) is 0 Å². The van der Waals surface area contributed by atoms with E-state index in [0.717, 1.165) is 38.5 Å². The summed E-state index contributed by atoms with van der Waals surface area (Å²) in [6.45, 7) is 4.91. The second kappa shape index (κ2) is 4.64. The van der Waals surface area contributed by atoms with E-state index in [1.54, 1.807) is 0 Å². The van der Waals surface area contributed by atoms with E-state index >= 15 is 0 Å². The molecule has 0 atom stereocenters. The molecule has 1 aliphatic heterocycles. The summed E-state index contributed by atoms with van der Waals surface area (Å²) in [4.78, 5) is 11.7. The van der Waals surface area contributed by atoms with Gasteiger partial charge in [0.2, 0.25) is 0 Å². The molecule has 0 aliphatic carbocycles. The van der Waals surface area contributed by atoms with Crippen LogP contribution in [0.25, 0.3) is 0 Å². The molecule has 13 heavy (non-hydrogen) atoms. The molecule has 0 radical (unpaired) electrons. The Morgan fingerprint density at radius 3 is 2.38 bits per heavy atom. The average Bonchev–Trinajstić information content (AvgIpc) is 2.11. The van der Waals surface area contributed by atoms with Gasteiger partial charge < -0.3 is 4.74 Å². The molecule has 0 unspecified atom stereocenters. The number of rotatable bonds is 4. The Kier molecular flexibility index (Phi) is 3.76. The molecule has 1 saturated heterocycles. The van der Waals surface area contributed by atoms with Crippen molar-refractivity contribution in [3.8, 4) is 0 Å². The van der Waals surface area contributed by atoms with Crippen LogP contribution in [-0.2, 0) is 9.53 Å². The van der Waals surface area contributed by atoms with Crippen LogP contribution in [-0.4, -0.2) is 12.6 Å². The molecule has 2 heteroatoms. The Labute approximate surface area is 80.7 Å². The number of esters is 1. The van der Waals surface area contributed by atoms with Crippen LogP contribution in [0.2, 0.25) is 0 Å². The lowest BCUT2D eigenvalue weighted by atomic mass is 9.74. The van der Waals surface area contributed by atoms with Crippen LogP contribution in [0.15, 0.2) is 0 Å². The predicted octanol–water partition coefficient (Wildman–Crippen LogP) is 2.91. The third-order valence-electron chi connectivity index (χ3n) is 2.92. The van der Waals surface area contributed by atoms with Crippen molar-refractivity contribution in [2.75, 3.05) is 6.61 Å². The van der Waals surface area contributed by atoms with Crippen LogP contribution in [0.5, 0.6) is 0 Å². The Morgan fingerprint density at radius 2 is 1.92 bits per heavy atom. The van der Waals surface area contributed by atoms with Gasteiger partial charge >= 0.3 is 5.97 Å². The maximum absolute atomic E-state index is 11.7. The van der Waals surface area contributed by atoms with E-state index in [0.29, 0.717) is 6.61 Å². The molecule has 0 saturated carbocycles. The van der Waals surface area contributed by atoms with Crippen molar-refractivity contribution in [3.05, 3.63) is 0 Å². The summed E-state index contributed by atoms with van der Waals surface area (Å²) in [6, 6.07) is 0. The van der Waals surface area contributed by atoms with Gasteiger partial charge in [-0.25, -0.2) is 0 Å². The summed E-state index contributed by atoms with van der Waals surface area (Å²) in [5, 5.41) is 0. The Hall–Kier alpha value is -0.530. The normalized spacial score (nSPS) is 21.2. The van der Waals surface area contributed by atoms with Crippen LogP contribution >= 0.6 is 0 Å². The average molecular weight is 184 g/mol. The standard InChI is InChI=1S/C11H20O2/c1-3-6-11(7-4-2)8-5-9-13-10(11)12/h3-9H2,1-2H3. The molecule has 0 aromatic carbocycles. The van der Waals surface area contributed by atoms with Crippen molar-refractivity contribution in [2.45, 2.75) is 52.4 Å². The van der Waals surface area contributed by atoms with Gasteiger partial charge in [0.15, 0.2) is 0 Å². The fourth-order valence-electron chi connectivity index (χ4n) is 2.37. The smallest absolute Gasteiger partial charge is 0.312 e. The van der Waals surface area contributed by atoms with Gasteiger partial charge in [0.1, 0.15) is 0 Å². The summed E-state index contributed by atoms with van der Waals surface area (Å²) in [6.07, 6.45) is 6.24. The maximum Gasteiger partial charge on any atom is 0.312 e. The zero-order valence-corrected chi connectivity index (χ0v) is 8.77. The van der Waals surface area contributed by atoms with E-state index in [4.69, 9.17) is 4.74 Å². The Bertz CT molecular complexity index is 163. The first-order valence-corrected chi connectivity index (χ1v) is 5.42. The van der Waals surface area contributed by atoms with E-state index in [9.17, 15) is 4.79 Å². The number of hydrogen-bond donors (Lipinski definition) is 0. The summed E-state index contributed by atoms with van der Waals surface area (Å²) < 4.78 is 5.16. The summed E-state index contributed by atoms with van der Waals surface area (Å²) >= 11 is 0. The first-order chi connectivity index (χ1) is 6.25. The van der Waals surface area contributed by atoms with Crippen molar-refractivity contribution >= 4 is 5.97 Å². The highest BCUT2D eigenvalue weighted by Gasteiger charge is 2.39. The SMILES string of the molecule is CCCC1(CCC)CCCOC1=O. The van der Waals surface area contributed by atoms with Gasteiger partial charge in [-0.05, 0) is 25.7 Å². The Balaban J connectivity index is 2.67. The van der Waals surface area contributed by atoms with Gasteiger partial charge in [0.25, 0.3) is 0 Å². The number of cyclic esters (lactones) is 1. The molecule has 1 rings (SSSR count). The number of ether oxygens (including phenoxy) is 1. The van der Waals surface area contributed by atoms with Gasteiger partial charge in [-0.15, -0.1) is 0 Å². The second-order valence-corrected chi connectivity index (χ2v) is 4.02. The van der Waals surface area contributed by atoms with Crippen LogP contribution in [0.3, 0.4) is 0 Å². The lowest BCUT2D eigenvalue weighted by Gasteiger charge is -2.34. The number of carbonyl (C=O) groups is 1. The van der Waals surface area contributed by atoms with Crippen molar-refractivity contribution < 1.29 is 9.53 Å². The zero-order chi connectivity index (χ0) is 9.73. The lowest BCUT2D eigenvalue weighted by molar-refractivity contribution is -0.163. The fourth-order valence-corrected chi connectivity index (χ4v) is 2.37. The van der Waals surface area contributed by atoms with Crippen LogP contribution in [0, 0.1) is 5.41 Å². The van der Waals surface area contributed by atoms with Gasteiger partial charge in [-0.3, -0.25) is 4.79 Å². The first kappa shape index (κ1) is 10.6. The third-order valence-corrected chi connectivity index (χ3v) is 2.92.